The Labute approximate surface area is 82.5 Å². The van der Waals surface area contributed by atoms with Crippen molar-refractivity contribution < 1.29 is 14.3 Å². The van der Waals surface area contributed by atoms with E-state index >= 15 is 0 Å². The molecule has 0 aromatic heterocycles. The Hall–Kier alpha value is -0.650. The number of hydrogen-bond acceptors (Lipinski definition) is 1. The third kappa shape index (κ3) is 1.74. The summed E-state index contributed by atoms with van der Waals surface area (Å²) in [7, 11) is 0. The summed E-state index contributed by atoms with van der Waals surface area (Å²) in [4.78, 5) is 10.6. The van der Waals surface area contributed by atoms with Gasteiger partial charge in [0.05, 0.1) is 9.13 Å². The zero-order valence-corrected chi connectivity index (χ0v) is 8.42. The first kappa shape index (κ1) is 9.44. The normalized spacial score (nSPS) is 9.92. The molecule has 12 heavy (non-hydrogen) atoms. The highest BCUT2D eigenvalue weighted by atomic mass is 127. The van der Waals surface area contributed by atoms with Crippen molar-refractivity contribution >= 4 is 28.6 Å². The molecule has 0 radical (unpaired) electrons. The summed E-state index contributed by atoms with van der Waals surface area (Å²) < 4.78 is 13.1. The average Bonchev–Trinajstić information content (AvgIpc) is 1.96. The molecule has 0 aliphatic carbocycles. The van der Waals surface area contributed by atoms with E-state index in [1.165, 1.54) is 12.1 Å². The molecular weight excluding hydrogens is 274 g/mol. The molecule has 0 atom stereocenters. The summed E-state index contributed by atoms with van der Waals surface area (Å²) in [6.07, 6.45) is 0. The van der Waals surface area contributed by atoms with Crippen molar-refractivity contribution in [1.29, 1.82) is 0 Å². The molecule has 1 rings (SSSR count). The van der Waals surface area contributed by atoms with Crippen molar-refractivity contribution in [2.75, 3.05) is 0 Å². The lowest BCUT2D eigenvalue weighted by atomic mass is 10.1. The molecule has 0 aliphatic heterocycles. The Bertz CT molecular complexity index is 336. The summed E-state index contributed by atoms with van der Waals surface area (Å²) in [5.74, 6) is -1.57. The topological polar surface area (TPSA) is 37.3 Å². The van der Waals surface area contributed by atoms with Gasteiger partial charge in [-0.25, -0.2) is 9.18 Å². The first-order valence-corrected chi connectivity index (χ1v) is 4.29. The second-order valence-corrected chi connectivity index (χ2v) is 3.49. The summed E-state index contributed by atoms with van der Waals surface area (Å²) in [6, 6.07) is 2.77. The molecule has 0 unspecified atom stereocenters. The lowest BCUT2D eigenvalue weighted by molar-refractivity contribution is 0.0695. The number of carboxylic acids is 1. The largest absolute Gasteiger partial charge is 0.478 e. The van der Waals surface area contributed by atoms with Crippen molar-refractivity contribution in [1.82, 2.24) is 0 Å². The second kappa shape index (κ2) is 3.38. The zero-order chi connectivity index (χ0) is 9.30. The van der Waals surface area contributed by atoms with Crippen LogP contribution in [0.4, 0.5) is 4.39 Å². The van der Waals surface area contributed by atoms with Gasteiger partial charge in [-0.3, -0.25) is 0 Å². The van der Waals surface area contributed by atoms with Crippen molar-refractivity contribution in [3.05, 3.63) is 32.6 Å². The number of rotatable bonds is 1. The fraction of sp³-hybridized carbons (Fsp3) is 0.125. The molecular formula is C8H6FIO2. The Balaban J connectivity index is 3.37. The predicted octanol–water partition coefficient (Wildman–Crippen LogP) is 2.44. The fourth-order valence-corrected chi connectivity index (χ4v) is 1.42. The van der Waals surface area contributed by atoms with Crippen LogP contribution >= 0.6 is 22.6 Å². The number of halogens is 2. The monoisotopic (exact) mass is 280 g/mol. The highest BCUT2D eigenvalue weighted by Gasteiger charge is 2.12. The minimum Gasteiger partial charge on any atom is -0.478 e. The number of aryl methyl sites for hydroxylation is 1. The van der Waals surface area contributed by atoms with Crippen molar-refractivity contribution in [2.24, 2.45) is 0 Å². The molecule has 64 valence electrons. The molecule has 2 nitrogen and oxygen atoms in total. The van der Waals surface area contributed by atoms with E-state index < -0.39 is 11.8 Å². The number of carbonyl (C=O) groups is 1. The van der Waals surface area contributed by atoms with E-state index in [1.54, 1.807) is 29.5 Å². The first-order valence-electron chi connectivity index (χ1n) is 3.21. The molecule has 0 heterocycles. The summed E-state index contributed by atoms with van der Waals surface area (Å²) >= 11 is 1.68. The Morgan fingerprint density at radius 3 is 2.67 bits per heavy atom. The summed E-state index contributed by atoms with van der Waals surface area (Å²) in [5, 5.41) is 8.64. The van der Waals surface area contributed by atoms with Gasteiger partial charge in [0.2, 0.25) is 0 Å². The minimum atomic E-state index is -1.10. The highest BCUT2D eigenvalue weighted by Crippen LogP contribution is 2.18. The quantitative estimate of drug-likeness (QED) is 0.802. The van der Waals surface area contributed by atoms with Gasteiger partial charge in [0.25, 0.3) is 0 Å². The van der Waals surface area contributed by atoms with Gasteiger partial charge in [0.15, 0.2) is 0 Å². The molecule has 0 saturated carbocycles. The van der Waals surface area contributed by atoms with Gasteiger partial charge in [-0.1, -0.05) is 0 Å². The van der Waals surface area contributed by atoms with Gasteiger partial charge >= 0.3 is 5.97 Å². The van der Waals surface area contributed by atoms with E-state index in [0.29, 0.717) is 5.56 Å². The van der Waals surface area contributed by atoms with E-state index in [0.717, 1.165) is 0 Å². The Morgan fingerprint density at radius 2 is 2.17 bits per heavy atom. The van der Waals surface area contributed by atoms with Gasteiger partial charge in [0, 0.05) is 0 Å². The molecule has 1 aromatic carbocycles. The SMILES string of the molecule is Cc1cc(F)c(I)c(C(=O)O)c1. The van der Waals surface area contributed by atoms with Crippen LogP contribution in [0.25, 0.3) is 0 Å². The average molecular weight is 280 g/mol. The smallest absolute Gasteiger partial charge is 0.336 e. The summed E-state index contributed by atoms with van der Waals surface area (Å²) in [6.45, 7) is 1.66. The van der Waals surface area contributed by atoms with Gasteiger partial charge in [-0.2, -0.15) is 0 Å². The highest BCUT2D eigenvalue weighted by molar-refractivity contribution is 14.1. The van der Waals surface area contributed by atoms with Crippen LogP contribution in [0.1, 0.15) is 15.9 Å². The van der Waals surface area contributed by atoms with Crippen LogP contribution in [0, 0.1) is 16.3 Å². The molecule has 0 fully saturated rings. The maximum Gasteiger partial charge on any atom is 0.336 e. The van der Waals surface area contributed by atoms with Crippen LogP contribution in [-0.2, 0) is 0 Å². The van der Waals surface area contributed by atoms with Crippen LogP contribution in [0.3, 0.4) is 0 Å². The van der Waals surface area contributed by atoms with Crippen LogP contribution in [0.15, 0.2) is 12.1 Å². The van der Waals surface area contributed by atoms with Crippen LogP contribution in [-0.4, -0.2) is 11.1 Å². The molecule has 0 spiro atoms. The Morgan fingerprint density at radius 1 is 1.58 bits per heavy atom. The second-order valence-electron chi connectivity index (χ2n) is 2.41. The minimum absolute atomic E-state index is 0.0214. The third-order valence-electron chi connectivity index (χ3n) is 1.40. The molecule has 1 aromatic rings. The zero-order valence-electron chi connectivity index (χ0n) is 6.27. The van der Waals surface area contributed by atoms with Crippen LogP contribution in [0.2, 0.25) is 0 Å². The molecule has 4 heteroatoms. The van der Waals surface area contributed by atoms with E-state index in [2.05, 4.69) is 0 Å². The van der Waals surface area contributed by atoms with Crippen molar-refractivity contribution in [2.45, 2.75) is 6.92 Å². The van der Waals surface area contributed by atoms with Crippen molar-refractivity contribution in [3.63, 3.8) is 0 Å². The van der Waals surface area contributed by atoms with Crippen LogP contribution < -0.4 is 0 Å². The molecule has 0 aliphatic rings. The maximum atomic E-state index is 12.9. The lowest BCUT2D eigenvalue weighted by Gasteiger charge is -2.01. The Kier molecular flexibility index (Phi) is 2.66. The predicted molar refractivity (Wildman–Crippen MR) is 50.8 cm³/mol. The summed E-state index contributed by atoms with van der Waals surface area (Å²) in [5.41, 5.74) is 0.637. The van der Waals surface area contributed by atoms with E-state index in [4.69, 9.17) is 5.11 Å². The molecule has 0 saturated heterocycles. The third-order valence-corrected chi connectivity index (χ3v) is 2.50. The van der Waals surface area contributed by atoms with E-state index in [1.807, 2.05) is 0 Å². The fourth-order valence-electron chi connectivity index (χ4n) is 0.880. The van der Waals surface area contributed by atoms with Gasteiger partial charge in [0.1, 0.15) is 5.82 Å². The number of hydrogen-bond donors (Lipinski definition) is 1. The van der Waals surface area contributed by atoms with Gasteiger partial charge in [-0.05, 0) is 47.2 Å². The molecule has 0 bridgehead atoms. The maximum absolute atomic E-state index is 12.9. The standard InChI is InChI=1S/C8H6FIO2/c1-4-2-5(8(11)12)7(10)6(9)3-4/h2-3H,1H3,(H,11,12). The number of aromatic carboxylic acids is 1. The van der Waals surface area contributed by atoms with E-state index in [9.17, 15) is 9.18 Å². The van der Waals surface area contributed by atoms with Crippen LogP contribution in [0.5, 0.6) is 0 Å². The van der Waals surface area contributed by atoms with Gasteiger partial charge < -0.3 is 5.11 Å². The van der Waals surface area contributed by atoms with Crippen molar-refractivity contribution in [3.8, 4) is 0 Å². The number of benzene rings is 1. The lowest BCUT2D eigenvalue weighted by Crippen LogP contribution is -2.02. The molecule has 1 N–H and O–H groups in total. The van der Waals surface area contributed by atoms with Gasteiger partial charge in [-0.15, -0.1) is 0 Å². The number of carboxylic acid groups (broad SMARTS) is 1. The first-order chi connectivity index (χ1) is 5.52. The van der Waals surface area contributed by atoms with E-state index in [-0.39, 0.29) is 9.13 Å². The molecule has 0 amide bonds.